The van der Waals surface area contributed by atoms with Crippen LogP contribution in [0.3, 0.4) is 0 Å². The largest absolute Gasteiger partial charge is 0.391 e. The van der Waals surface area contributed by atoms with E-state index < -0.39 is 12.2 Å². The highest BCUT2D eigenvalue weighted by atomic mass is 16.5. The lowest BCUT2D eigenvalue weighted by Crippen LogP contribution is -2.22. The Hall–Kier alpha value is -0.120. The van der Waals surface area contributed by atoms with Crippen LogP contribution in [0.25, 0.3) is 0 Å². The third-order valence-corrected chi connectivity index (χ3v) is 1.55. The Balaban J connectivity index is 3.10. The molecule has 2 N–H and O–H groups in total. The number of hydrogen-bond donors (Lipinski definition) is 2. The smallest absolute Gasteiger partial charge is 0.0797 e. The van der Waals surface area contributed by atoms with E-state index in [1.807, 2.05) is 6.92 Å². The van der Waals surface area contributed by atoms with Crippen molar-refractivity contribution >= 4 is 0 Å². The van der Waals surface area contributed by atoms with Crippen molar-refractivity contribution in [1.29, 1.82) is 0 Å². The normalized spacial score (nSPS) is 16.4. The fraction of sp³-hybridized carbons (Fsp3) is 1.00. The zero-order valence-corrected chi connectivity index (χ0v) is 7.29. The molecule has 0 saturated heterocycles. The van der Waals surface area contributed by atoms with E-state index in [0.29, 0.717) is 19.6 Å². The first-order chi connectivity index (χ1) is 5.18. The Morgan fingerprint density at radius 3 is 2.45 bits per heavy atom. The van der Waals surface area contributed by atoms with Crippen LogP contribution in [0.5, 0.6) is 0 Å². The van der Waals surface area contributed by atoms with E-state index in [9.17, 15) is 0 Å². The number of rotatable bonds is 6. The summed E-state index contributed by atoms with van der Waals surface area (Å²) < 4.78 is 5.07. The van der Waals surface area contributed by atoms with Crippen molar-refractivity contribution in [2.24, 2.45) is 0 Å². The second kappa shape index (κ2) is 6.58. The average molecular weight is 162 g/mol. The van der Waals surface area contributed by atoms with Crippen LogP contribution in [0.2, 0.25) is 0 Å². The van der Waals surface area contributed by atoms with Crippen LogP contribution in [0.4, 0.5) is 0 Å². The molecular weight excluding hydrogens is 144 g/mol. The minimum Gasteiger partial charge on any atom is -0.391 e. The van der Waals surface area contributed by atoms with E-state index in [4.69, 9.17) is 14.9 Å². The van der Waals surface area contributed by atoms with Crippen molar-refractivity contribution < 1.29 is 14.9 Å². The van der Waals surface area contributed by atoms with Gasteiger partial charge in [0.05, 0.1) is 12.2 Å². The molecule has 0 radical (unpaired) electrons. The first-order valence-corrected chi connectivity index (χ1v) is 4.12. The van der Waals surface area contributed by atoms with E-state index in [2.05, 4.69) is 0 Å². The number of ether oxygens (including phenoxy) is 1. The molecule has 0 aliphatic carbocycles. The van der Waals surface area contributed by atoms with Crippen molar-refractivity contribution in [3.63, 3.8) is 0 Å². The van der Waals surface area contributed by atoms with Gasteiger partial charge in [-0.1, -0.05) is 0 Å². The maximum Gasteiger partial charge on any atom is 0.0797 e. The van der Waals surface area contributed by atoms with Crippen molar-refractivity contribution in [2.45, 2.75) is 38.9 Å². The van der Waals surface area contributed by atoms with Crippen molar-refractivity contribution in [2.75, 3.05) is 13.2 Å². The SMILES string of the molecule is CCOCCCC(O)C(C)O. The van der Waals surface area contributed by atoms with Crippen molar-refractivity contribution in [3.05, 3.63) is 0 Å². The molecule has 11 heavy (non-hydrogen) atoms. The molecule has 0 aromatic rings. The summed E-state index contributed by atoms with van der Waals surface area (Å²) in [5, 5.41) is 18.0. The third kappa shape index (κ3) is 6.28. The van der Waals surface area contributed by atoms with E-state index in [1.165, 1.54) is 0 Å². The number of aliphatic hydroxyl groups is 2. The van der Waals surface area contributed by atoms with Crippen LogP contribution < -0.4 is 0 Å². The maximum atomic E-state index is 9.12. The third-order valence-electron chi connectivity index (χ3n) is 1.55. The summed E-state index contributed by atoms with van der Waals surface area (Å²) in [5.41, 5.74) is 0. The molecule has 0 aromatic carbocycles. The summed E-state index contributed by atoms with van der Waals surface area (Å²) in [4.78, 5) is 0. The standard InChI is InChI=1S/C8H18O3/c1-3-11-6-4-5-8(10)7(2)9/h7-10H,3-6H2,1-2H3. The second-order valence-electron chi connectivity index (χ2n) is 2.65. The lowest BCUT2D eigenvalue weighted by Gasteiger charge is -2.12. The van der Waals surface area contributed by atoms with Gasteiger partial charge in [-0.25, -0.2) is 0 Å². The van der Waals surface area contributed by atoms with Gasteiger partial charge in [-0.3, -0.25) is 0 Å². The summed E-state index contributed by atoms with van der Waals surface area (Å²) in [6, 6.07) is 0. The van der Waals surface area contributed by atoms with Gasteiger partial charge in [-0.2, -0.15) is 0 Å². The van der Waals surface area contributed by atoms with Gasteiger partial charge in [0.15, 0.2) is 0 Å². The van der Waals surface area contributed by atoms with Crippen molar-refractivity contribution in [3.8, 4) is 0 Å². The number of hydrogen-bond acceptors (Lipinski definition) is 3. The van der Waals surface area contributed by atoms with Crippen LogP contribution in [-0.4, -0.2) is 35.6 Å². The molecule has 0 fully saturated rings. The van der Waals surface area contributed by atoms with Gasteiger partial charge in [0.25, 0.3) is 0 Å². The van der Waals surface area contributed by atoms with Crippen LogP contribution in [0, 0.1) is 0 Å². The summed E-state index contributed by atoms with van der Waals surface area (Å²) in [7, 11) is 0. The van der Waals surface area contributed by atoms with Gasteiger partial charge < -0.3 is 14.9 Å². The molecule has 2 unspecified atom stereocenters. The highest BCUT2D eigenvalue weighted by molar-refractivity contribution is 4.60. The van der Waals surface area contributed by atoms with E-state index in [0.717, 1.165) is 6.42 Å². The average Bonchev–Trinajstić information content (AvgIpc) is 1.97. The predicted octanol–water partition coefficient (Wildman–Crippen LogP) is 0.545. The molecule has 3 heteroatoms. The van der Waals surface area contributed by atoms with Crippen molar-refractivity contribution in [1.82, 2.24) is 0 Å². The molecule has 3 nitrogen and oxygen atoms in total. The zero-order chi connectivity index (χ0) is 8.69. The Labute approximate surface area is 68.0 Å². The Morgan fingerprint density at radius 1 is 1.36 bits per heavy atom. The van der Waals surface area contributed by atoms with Gasteiger partial charge in [0, 0.05) is 13.2 Å². The molecule has 0 aliphatic rings. The molecule has 0 aliphatic heterocycles. The molecule has 0 aromatic heterocycles. The van der Waals surface area contributed by atoms with Gasteiger partial charge in [-0.05, 0) is 26.7 Å². The highest BCUT2D eigenvalue weighted by Gasteiger charge is 2.09. The van der Waals surface area contributed by atoms with Crippen LogP contribution >= 0.6 is 0 Å². The molecular formula is C8H18O3. The lowest BCUT2D eigenvalue weighted by atomic mass is 10.1. The van der Waals surface area contributed by atoms with Crippen LogP contribution in [0.15, 0.2) is 0 Å². The molecule has 0 heterocycles. The van der Waals surface area contributed by atoms with Crippen LogP contribution in [0.1, 0.15) is 26.7 Å². The quantitative estimate of drug-likeness (QED) is 0.561. The van der Waals surface area contributed by atoms with Gasteiger partial charge in [-0.15, -0.1) is 0 Å². The molecule has 0 amide bonds. The summed E-state index contributed by atoms with van der Waals surface area (Å²) in [6.45, 7) is 4.90. The second-order valence-corrected chi connectivity index (χ2v) is 2.65. The minimum absolute atomic E-state index is 0.601. The van der Waals surface area contributed by atoms with Crippen LogP contribution in [-0.2, 0) is 4.74 Å². The first kappa shape index (κ1) is 10.9. The fourth-order valence-electron chi connectivity index (χ4n) is 0.780. The molecule has 0 rings (SSSR count). The topological polar surface area (TPSA) is 49.7 Å². The minimum atomic E-state index is -0.628. The zero-order valence-electron chi connectivity index (χ0n) is 7.29. The van der Waals surface area contributed by atoms with Gasteiger partial charge in [0.1, 0.15) is 0 Å². The molecule has 0 spiro atoms. The number of aliphatic hydroxyl groups excluding tert-OH is 2. The predicted molar refractivity (Wildman–Crippen MR) is 43.4 cm³/mol. The Morgan fingerprint density at radius 2 is 2.00 bits per heavy atom. The Kier molecular flexibility index (Phi) is 6.51. The van der Waals surface area contributed by atoms with E-state index in [-0.39, 0.29) is 0 Å². The molecule has 0 saturated carbocycles. The van der Waals surface area contributed by atoms with Gasteiger partial charge >= 0.3 is 0 Å². The van der Waals surface area contributed by atoms with E-state index in [1.54, 1.807) is 6.92 Å². The lowest BCUT2D eigenvalue weighted by molar-refractivity contribution is 0.0191. The summed E-state index contributed by atoms with van der Waals surface area (Å²) >= 11 is 0. The summed E-state index contributed by atoms with van der Waals surface area (Å²) in [5.74, 6) is 0. The molecule has 68 valence electrons. The highest BCUT2D eigenvalue weighted by Crippen LogP contribution is 2.01. The Bertz CT molecular complexity index is 83.4. The summed E-state index contributed by atoms with van der Waals surface area (Å²) in [6.07, 6.45) is 0.185. The molecule has 0 bridgehead atoms. The fourth-order valence-corrected chi connectivity index (χ4v) is 0.780. The monoisotopic (exact) mass is 162 g/mol. The van der Waals surface area contributed by atoms with Gasteiger partial charge in [0.2, 0.25) is 0 Å². The first-order valence-electron chi connectivity index (χ1n) is 4.12. The maximum absolute atomic E-state index is 9.12. The molecule has 2 atom stereocenters. The van der Waals surface area contributed by atoms with E-state index >= 15 is 0 Å².